The maximum Gasteiger partial charge on any atom is 0.242 e. The first-order chi connectivity index (χ1) is 12.9. The van der Waals surface area contributed by atoms with E-state index in [1.54, 1.807) is 35.6 Å². The van der Waals surface area contributed by atoms with Crippen molar-refractivity contribution in [1.82, 2.24) is 14.2 Å². The lowest BCUT2D eigenvalue weighted by Crippen LogP contribution is -2.51. The molecule has 0 radical (unpaired) electrons. The van der Waals surface area contributed by atoms with Crippen molar-refractivity contribution in [1.29, 1.82) is 0 Å². The Hall–Kier alpha value is -1.44. The number of anilines is 1. The second kappa shape index (κ2) is 9.85. The van der Waals surface area contributed by atoms with Crippen molar-refractivity contribution in [3.05, 3.63) is 41.4 Å². The zero-order chi connectivity index (χ0) is 19.4. The Morgan fingerprint density at radius 1 is 1.21 bits per heavy atom. The first-order valence-corrected chi connectivity index (χ1v) is 10.9. The van der Waals surface area contributed by atoms with Crippen molar-refractivity contribution in [2.75, 3.05) is 45.2 Å². The zero-order valence-corrected chi connectivity index (χ0v) is 19.8. The van der Waals surface area contributed by atoms with Gasteiger partial charge in [0.1, 0.15) is 0 Å². The Morgan fingerprint density at radius 2 is 1.86 bits per heavy atom. The van der Waals surface area contributed by atoms with E-state index >= 15 is 0 Å². The number of halogens is 1. The molecule has 2 heterocycles. The molecule has 0 unspecified atom stereocenters. The second-order valence-electron chi connectivity index (χ2n) is 6.39. The molecule has 3 rings (SSSR count). The summed E-state index contributed by atoms with van der Waals surface area (Å²) in [5, 5.41) is 3.02. The molecule has 1 aromatic carbocycles. The van der Waals surface area contributed by atoms with E-state index in [4.69, 9.17) is 5.73 Å². The van der Waals surface area contributed by atoms with E-state index < -0.39 is 10.0 Å². The molecular formula is C17H25IN6O2S2. The first-order valence-electron chi connectivity index (χ1n) is 8.58. The topological polar surface area (TPSA) is 95.1 Å². The molecule has 2 aromatic rings. The van der Waals surface area contributed by atoms with Crippen LogP contribution in [0.1, 0.15) is 5.56 Å². The summed E-state index contributed by atoms with van der Waals surface area (Å²) in [6.45, 7) is 3.74. The number of piperazine rings is 1. The van der Waals surface area contributed by atoms with Gasteiger partial charge in [-0.25, -0.2) is 22.7 Å². The van der Waals surface area contributed by atoms with E-state index in [0.29, 0.717) is 12.5 Å². The number of aliphatic imine (C=N–C) groups is 1. The molecule has 28 heavy (non-hydrogen) atoms. The van der Waals surface area contributed by atoms with E-state index in [2.05, 4.69) is 19.8 Å². The molecule has 2 N–H and O–H groups in total. The number of aromatic nitrogens is 1. The van der Waals surface area contributed by atoms with Gasteiger partial charge in [-0.15, -0.1) is 35.3 Å². The summed E-state index contributed by atoms with van der Waals surface area (Å²) < 4.78 is 25.4. The van der Waals surface area contributed by atoms with Crippen LogP contribution in [-0.4, -0.2) is 68.8 Å². The summed E-state index contributed by atoms with van der Waals surface area (Å²) >= 11 is 1.64. The highest BCUT2D eigenvalue weighted by molar-refractivity contribution is 14.0. The van der Waals surface area contributed by atoms with Crippen molar-refractivity contribution in [3.8, 4) is 0 Å². The highest BCUT2D eigenvalue weighted by Gasteiger charge is 2.20. The maximum absolute atomic E-state index is 12.1. The van der Waals surface area contributed by atoms with Gasteiger partial charge < -0.3 is 15.5 Å². The van der Waals surface area contributed by atoms with Crippen LogP contribution in [0.3, 0.4) is 0 Å². The quantitative estimate of drug-likeness (QED) is 0.355. The SMILES string of the molecule is CN(C)S(=O)(=O)c1ccc(CN=C(N)N2CCN(c3nccs3)CC2)cc1.I. The minimum Gasteiger partial charge on any atom is -0.370 e. The zero-order valence-electron chi connectivity index (χ0n) is 15.9. The number of sulfonamides is 1. The third kappa shape index (κ3) is 5.33. The highest BCUT2D eigenvalue weighted by atomic mass is 127. The summed E-state index contributed by atoms with van der Waals surface area (Å²) in [5.41, 5.74) is 7.06. The summed E-state index contributed by atoms with van der Waals surface area (Å²) in [6, 6.07) is 6.74. The van der Waals surface area contributed by atoms with Crippen LogP contribution < -0.4 is 10.6 Å². The largest absolute Gasteiger partial charge is 0.370 e. The van der Waals surface area contributed by atoms with Crippen LogP contribution in [0.5, 0.6) is 0 Å². The average Bonchev–Trinajstić information content (AvgIpc) is 3.21. The van der Waals surface area contributed by atoms with E-state index in [0.717, 1.165) is 36.9 Å². The van der Waals surface area contributed by atoms with Gasteiger partial charge in [-0.3, -0.25) is 0 Å². The van der Waals surface area contributed by atoms with Gasteiger partial charge in [-0.2, -0.15) is 0 Å². The van der Waals surface area contributed by atoms with E-state index in [1.807, 2.05) is 11.6 Å². The Bertz CT molecular complexity index is 877. The van der Waals surface area contributed by atoms with Gasteiger partial charge in [-0.05, 0) is 17.7 Å². The summed E-state index contributed by atoms with van der Waals surface area (Å²) in [6.07, 6.45) is 1.82. The highest BCUT2D eigenvalue weighted by Crippen LogP contribution is 2.19. The number of nitrogens with zero attached hydrogens (tertiary/aromatic N) is 5. The Morgan fingerprint density at radius 3 is 2.39 bits per heavy atom. The maximum atomic E-state index is 12.1. The molecule has 0 spiro atoms. The fourth-order valence-electron chi connectivity index (χ4n) is 2.75. The van der Waals surface area contributed by atoms with Crippen LogP contribution in [0, 0.1) is 0 Å². The third-order valence-electron chi connectivity index (χ3n) is 4.42. The van der Waals surface area contributed by atoms with E-state index in [-0.39, 0.29) is 28.9 Å². The van der Waals surface area contributed by atoms with Crippen LogP contribution in [-0.2, 0) is 16.6 Å². The number of rotatable bonds is 5. The van der Waals surface area contributed by atoms with Gasteiger partial charge in [0.25, 0.3) is 0 Å². The van der Waals surface area contributed by atoms with Crippen molar-refractivity contribution in [3.63, 3.8) is 0 Å². The van der Waals surface area contributed by atoms with Crippen molar-refractivity contribution in [2.24, 2.45) is 10.7 Å². The van der Waals surface area contributed by atoms with Crippen LogP contribution in [0.25, 0.3) is 0 Å². The fraction of sp³-hybridized carbons (Fsp3) is 0.412. The first kappa shape index (κ1) is 22.8. The third-order valence-corrected chi connectivity index (χ3v) is 7.08. The van der Waals surface area contributed by atoms with Gasteiger partial charge in [-0.1, -0.05) is 12.1 Å². The molecule has 1 saturated heterocycles. The van der Waals surface area contributed by atoms with Gasteiger partial charge in [0.05, 0.1) is 11.4 Å². The molecule has 11 heteroatoms. The Labute approximate surface area is 187 Å². The number of nitrogens with two attached hydrogens (primary N) is 1. The molecule has 1 aliphatic rings. The van der Waals surface area contributed by atoms with Gasteiger partial charge in [0.2, 0.25) is 10.0 Å². The van der Waals surface area contributed by atoms with Crippen LogP contribution in [0.2, 0.25) is 0 Å². The van der Waals surface area contributed by atoms with Gasteiger partial charge >= 0.3 is 0 Å². The smallest absolute Gasteiger partial charge is 0.242 e. The van der Waals surface area contributed by atoms with Crippen LogP contribution >= 0.6 is 35.3 Å². The number of hydrogen-bond donors (Lipinski definition) is 1. The molecule has 0 amide bonds. The number of benzene rings is 1. The van der Waals surface area contributed by atoms with Crippen molar-refractivity contribution >= 4 is 56.4 Å². The standard InChI is InChI=1S/C17H24N6O2S2.HI/c1-21(2)27(24,25)15-5-3-14(4-6-15)13-20-16(18)22-8-10-23(11-9-22)17-19-7-12-26-17;/h3-7,12H,8-11,13H2,1-2H3,(H2,18,20);1H. The van der Waals surface area contributed by atoms with Crippen molar-refractivity contribution in [2.45, 2.75) is 11.4 Å². The lowest BCUT2D eigenvalue weighted by atomic mass is 10.2. The summed E-state index contributed by atoms with van der Waals surface area (Å²) in [5.74, 6) is 0.513. The van der Waals surface area contributed by atoms with E-state index in [9.17, 15) is 8.42 Å². The molecular weight excluding hydrogens is 511 g/mol. The lowest BCUT2D eigenvalue weighted by molar-refractivity contribution is 0.380. The lowest BCUT2D eigenvalue weighted by Gasteiger charge is -2.35. The summed E-state index contributed by atoms with van der Waals surface area (Å²) in [7, 11) is -0.378. The average molecular weight is 536 g/mol. The monoisotopic (exact) mass is 536 g/mol. The minimum absolute atomic E-state index is 0. The van der Waals surface area contributed by atoms with Crippen molar-refractivity contribution < 1.29 is 8.42 Å². The predicted octanol–water partition coefficient (Wildman–Crippen LogP) is 1.65. The molecule has 0 bridgehead atoms. The fourth-order valence-corrected chi connectivity index (χ4v) is 4.35. The molecule has 1 aromatic heterocycles. The normalized spacial score (nSPS) is 15.6. The molecule has 0 atom stereocenters. The Balaban J connectivity index is 0.00000280. The summed E-state index contributed by atoms with van der Waals surface area (Å²) in [4.78, 5) is 13.4. The van der Waals surface area contributed by atoms with Gasteiger partial charge in [0, 0.05) is 51.9 Å². The number of guanidine groups is 1. The van der Waals surface area contributed by atoms with Crippen LogP contribution in [0.4, 0.5) is 5.13 Å². The van der Waals surface area contributed by atoms with E-state index in [1.165, 1.54) is 18.4 Å². The number of thiazole rings is 1. The molecule has 8 nitrogen and oxygen atoms in total. The van der Waals surface area contributed by atoms with Crippen LogP contribution in [0.15, 0.2) is 45.7 Å². The molecule has 0 saturated carbocycles. The minimum atomic E-state index is -3.41. The number of hydrogen-bond acceptors (Lipinski definition) is 6. The second-order valence-corrected chi connectivity index (χ2v) is 9.42. The Kier molecular flexibility index (Phi) is 8.04. The molecule has 1 fully saturated rings. The molecule has 0 aliphatic carbocycles. The molecule has 154 valence electrons. The van der Waals surface area contributed by atoms with Gasteiger partial charge in [0.15, 0.2) is 11.1 Å². The molecule has 1 aliphatic heterocycles. The predicted molar refractivity (Wildman–Crippen MR) is 124 cm³/mol.